The van der Waals surface area contributed by atoms with Gasteiger partial charge in [0, 0.05) is 11.1 Å². The Morgan fingerprint density at radius 1 is 0.957 bits per heavy atom. The van der Waals surface area contributed by atoms with Crippen LogP contribution in [0.1, 0.15) is 32.6 Å². The summed E-state index contributed by atoms with van der Waals surface area (Å²) in [5, 5.41) is -0.450. The van der Waals surface area contributed by atoms with E-state index in [4.69, 9.17) is 0 Å². The maximum Gasteiger partial charge on any atom is 1.00 e. The Labute approximate surface area is 160 Å². The second-order valence-electron chi connectivity index (χ2n) is 5.12. The van der Waals surface area contributed by atoms with E-state index in [9.17, 15) is 19.1 Å². The van der Waals surface area contributed by atoms with Gasteiger partial charge in [-0.15, -0.1) is 0 Å². The Hall–Kier alpha value is -0.545. The van der Waals surface area contributed by atoms with Crippen molar-refractivity contribution in [2.75, 3.05) is 0 Å². The van der Waals surface area contributed by atoms with Crippen LogP contribution in [0, 0.1) is 20.8 Å². The Morgan fingerprint density at radius 2 is 1.43 bits per heavy atom. The Bertz CT molecular complexity index is 745. The summed E-state index contributed by atoms with van der Waals surface area (Å²) >= 11 is 0. The van der Waals surface area contributed by atoms with Crippen LogP contribution in [0.25, 0.3) is 0 Å². The number of rotatable bonds is 3. The van der Waals surface area contributed by atoms with Gasteiger partial charge in [0.1, 0.15) is 0 Å². The molecule has 0 unspecified atom stereocenters. The predicted molar refractivity (Wildman–Crippen MR) is 77.8 cm³/mol. The molecule has 0 aliphatic carbocycles. The van der Waals surface area contributed by atoms with Crippen LogP contribution in [0.3, 0.4) is 0 Å². The molecule has 0 fully saturated rings. The molecule has 2 aromatic carbocycles. The molecule has 2 rings (SSSR count). The number of ketones is 1. The van der Waals surface area contributed by atoms with Gasteiger partial charge in [0.15, 0.2) is 5.78 Å². The number of carbonyl (C=O) groups is 1. The first-order chi connectivity index (χ1) is 9.71. The summed E-state index contributed by atoms with van der Waals surface area (Å²) in [5.74, 6) is -0.437. The first-order valence-electron chi connectivity index (χ1n) is 6.46. The van der Waals surface area contributed by atoms with Gasteiger partial charge in [-0.25, -0.2) is 0 Å². The van der Waals surface area contributed by atoms with Crippen molar-refractivity contribution in [3.8, 4) is 0 Å². The molecule has 0 amide bonds. The molecule has 110 valence electrons. The largest absolute Gasteiger partial charge is 1.00 e. The Morgan fingerprint density at radius 3 is 1.91 bits per heavy atom. The van der Waals surface area contributed by atoms with E-state index in [1.54, 1.807) is 19.9 Å². The Kier molecular flexibility index (Phi) is 8.32. The molecule has 0 atom stereocenters. The molecule has 0 radical (unpaired) electrons. The van der Waals surface area contributed by atoms with E-state index in [0.29, 0.717) is 5.56 Å². The van der Waals surface area contributed by atoms with Crippen LogP contribution in [0.4, 0.5) is 0 Å². The second-order valence-corrected chi connectivity index (χ2v) is 6.59. The third kappa shape index (κ3) is 4.96. The minimum Gasteiger partial charge on any atom is -0.807 e. The van der Waals surface area contributed by atoms with Gasteiger partial charge >= 0.3 is 37.7 Å². The maximum absolute atomic E-state index is 12.7. The zero-order valence-electron chi connectivity index (χ0n) is 14.0. The molecule has 0 saturated heterocycles. The van der Waals surface area contributed by atoms with Crippen LogP contribution >= 0.6 is 7.60 Å². The summed E-state index contributed by atoms with van der Waals surface area (Å²) in [4.78, 5) is 35.3. The minimum atomic E-state index is -4.99. The molecule has 0 aliphatic rings. The minimum absolute atomic E-state index is 0. The summed E-state index contributed by atoms with van der Waals surface area (Å²) in [7, 11) is -4.99. The standard InChI is InChI=1S/C16H17O4P.2Li/c1-10-8-11(2)15(12(3)9-10)16(17)13-6-4-5-7-14(13)21(18,19)20;;/h4-9H,1-3H3,(H2,18,19,20);;/q;2*+1/p-2. The number of aryl methyl sites for hydroxylation is 3. The first-order valence-corrected chi connectivity index (χ1v) is 8.00. The van der Waals surface area contributed by atoms with Gasteiger partial charge in [-0.3, -0.25) is 4.79 Å². The van der Waals surface area contributed by atoms with Gasteiger partial charge in [0.25, 0.3) is 0 Å². The van der Waals surface area contributed by atoms with Crippen LogP contribution in [-0.2, 0) is 4.57 Å². The molecule has 0 spiro atoms. The van der Waals surface area contributed by atoms with Gasteiger partial charge in [-0.1, -0.05) is 42.0 Å². The molecule has 7 heteroatoms. The average Bonchev–Trinajstić information content (AvgIpc) is 2.36. The predicted octanol–water partition coefficient (Wildman–Crippen LogP) is -4.61. The Balaban J connectivity index is 0.00000242. The molecule has 4 nitrogen and oxygen atoms in total. The van der Waals surface area contributed by atoms with E-state index >= 15 is 0 Å². The molecule has 0 bridgehead atoms. The van der Waals surface area contributed by atoms with E-state index in [0.717, 1.165) is 16.7 Å². The van der Waals surface area contributed by atoms with E-state index in [1.807, 2.05) is 19.1 Å². The first kappa shape index (κ1) is 22.5. The summed E-state index contributed by atoms with van der Waals surface area (Å²) in [5.41, 5.74) is 2.92. The number of hydrogen-bond donors (Lipinski definition) is 0. The molecule has 0 N–H and O–H groups in total. The fourth-order valence-electron chi connectivity index (χ4n) is 2.58. The van der Waals surface area contributed by atoms with Gasteiger partial charge in [-0.2, -0.15) is 0 Å². The topological polar surface area (TPSA) is 80.3 Å². The maximum atomic E-state index is 12.7. The number of benzene rings is 2. The molecule has 2 aromatic rings. The SMILES string of the molecule is Cc1cc(C)c(C(=O)c2ccccc2P(=O)([O-])[O-])c(C)c1.[Li+].[Li+]. The van der Waals surface area contributed by atoms with Crippen molar-refractivity contribution in [2.45, 2.75) is 20.8 Å². The monoisotopic (exact) mass is 316 g/mol. The van der Waals surface area contributed by atoms with Crippen molar-refractivity contribution in [1.82, 2.24) is 0 Å². The summed E-state index contributed by atoms with van der Waals surface area (Å²) in [6.45, 7) is 5.51. The van der Waals surface area contributed by atoms with Gasteiger partial charge in [0.2, 0.25) is 0 Å². The average molecular weight is 316 g/mol. The molecule has 23 heavy (non-hydrogen) atoms. The van der Waals surface area contributed by atoms with Crippen LogP contribution in [-0.4, -0.2) is 5.78 Å². The molecular weight excluding hydrogens is 301 g/mol. The molecule has 0 aliphatic heterocycles. The van der Waals surface area contributed by atoms with E-state index in [-0.39, 0.29) is 43.3 Å². The molecule has 0 heterocycles. The van der Waals surface area contributed by atoms with Crippen molar-refractivity contribution in [2.24, 2.45) is 0 Å². The van der Waals surface area contributed by atoms with Crippen molar-refractivity contribution in [3.05, 3.63) is 64.2 Å². The van der Waals surface area contributed by atoms with Gasteiger partial charge in [-0.05, 0) is 44.8 Å². The van der Waals surface area contributed by atoms with Crippen molar-refractivity contribution in [1.29, 1.82) is 0 Å². The molecular formula is C16H15Li2O4P. The van der Waals surface area contributed by atoms with E-state index in [1.165, 1.54) is 18.2 Å². The van der Waals surface area contributed by atoms with Gasteiger partial charge in [0.05, 0.1) is 0 Å². The van der Waals surface area contributed by atoms with Crippen LogP contribution in [0.15, 0.2) is 36.4 Å². The normalized spacial score (nSPS) is 10.5. The molecule has 0 aromatic heterocycles. The van der Waals surface area contributed by atoms with Crippen molar-refractivity contribution < 1.29 is 56.9 Å². The third-order valence-electron chi connectivity index (χ3n) is 3.35. The van der Waals surface area contributed by atoms with Crippen molar-refractivity contribution in [3.63, 3.8) is 0 Å². The zero-order chi connectivity index (χ0) is 15.8. The van der Waals surface area contributed by atoms with Gasteiger partial charge < -0.3 is 14.4 Å². The van der Waals surface area contributed by atoms with Crippen LogP contribution in [0.2, 0.25) is 0 Å². The second kappa shape index (κ2) is 8.52. The fourth-order valence-corrected chi connectivity index (χ4v) is 3.32. The van der Waals surface area contributed by atoms with E-state index < -0.39 is 18.7 Å². The smallest absolute Gasteiger partial charge is 0.807 e. The van der Waals surface area contributed by atoms with Crippen LogP contribution < -0.4 is 52.8 Å². The number of carbonyl (C=O) groups excluding carboxylic acids is 1. The summed E-state index contributed by atoms with van der Waals surface area (Å²) in [6, 6.07) is 9.24. The fraction of sp³-hybridized carbons (Fsp3) is 0.188. The third-order valence-corrected chi connectivity index (χ3v) is 4.33. The number of hydrogen-bond acceptors (Lipinski definition) is 4. The van der Waals surface area contributed by atoms with Crippen molar-refractivity contribution >= 4 is 18.7 Å². The van der Waals surface area contributed by atoms with Crippen LogP contribution in [0.5, 0.6) is 0 Å². The molecule has 0 saturated carbocycles. The summed E-state index contributed by atoms with van der Waals surface area (Å²) < 4.78 is 11.3. The zero-order valence-corrected chi connectivity index (χ0v) is 14.9. The van der Waals surface area contributed by atoms with E-state index in [2.05, 4.69) is 0 Å². The summed E-state index contributed by atoms with van der Waals surface area (Å²) in [6.07, 6.45) is 0. The quantitative estimate of drug-likeness (QED) is 0.324.